The van der Waals surface area contributed by atoms with E-state index in [2.05, 4.69) is 20.9 Å². The standard InChI is InChI=1S/C24H32N4O5/c1-32-19-5-2-16(3-6-19)11-26-23(30)9-4-18-12-27-24(31)22-10-17(14-28(18)22)25-13-20-7-8-21(15-29)33-20/h2-3,5-8,17-18,22,25,29H,4,9-15H2,1H3,(H,26,30)(H,27,31)/t17-,18-,22+/m0/s1. The molecule has 0 radical (unpaired) electrons. The molecule has 9 heteroatoms. The molecule has 1 aromatic carbocycles. The van der Waals surface area contributed by atoms with E-state index in [9.17, 15) is 9.59 Å². The van der Waals surface area contributed by atoms with Gasteiger partial charge in [-0.1, -0.05) is 12.1 Å². The molecule has 2 aliphatic rings. The van der Waals surface area contributed by atoms with Crippen LogP contribution in [0.5, 0.6) is 5.75 Å². The van der Waals surface area contributed by atoms with E-state index < -0.39 is 0 Å². The number of nitrogens with zero attached hydrogens (tertiary/aromatic N) is 1. The molecule has 0 spiro atoms. The molecule has 2 amide bonds. The van der Waals surface area contributed by atoms with Crippen LogP contribution in [0.1, 0.15) is 36.3 Å². The Kier molecular flexibility index (Phi) is 7.64. The Morgan fingerprint density at radius 3 is 2.73 bits per heavy atom. The third-order valence-corrected chi connectivity index (χ3v) is 6.41. The van der Waals surface area contributed by atoms with Crippen LogP contribution in [0.4, 0.5) is 0 Å². The van der Waals surface area contributed by atoms with Gasteiger partial charge in [0.15, 0.2) is 0 Å². The lowest BCUT2D eigenvalue weighted by Crippen LogP contribution is -2.58. The molecule has 9 nitrogen and oxygen atoms in total. The first kappa shape index (κ1) is 23.3. The van der Waals surface area contributed by atoms with Gasteiger partial charge in [0, 0.05) is 38.1 Å². The van der Waals surface area contributed by atoms with E-state index in [-0.39, 0.29) is 36.5 Å². The van der Waals surface area contributed by atoms with Crippen LogP contribution in [0.2, 0.25) is 0 Å². The fourth-order valence-corrected chi connectivity index (χ4v) is 4.57. The number of furan rings is 1. The number of aliphatic hydroxyl groups excluding tert-OH is 1. The van der Waals surface area contributed by atoms with E-state index in [4.69, 9.17) is 14.3 Å². The fourth-order valence-electron chi connectivity index (χ4n) is 4.57. The van der Waals surface area contributed by atoms with E-state index in [0.717, 1.165) is 30.0 Å². The topological polar surface area (TPSA) is 116 Å². The van der Waals surface area contributed by atoms with Gasteiger partial charge in [-0.05, 0) is 42.7 Å². The summed E-state index contributed by atoms with van der Waals surface area (Å²) in [6, 6.07) is 11.4. The van der Waals surface area contributed by atoms with E-state index in [1.807, 2.05) is 30.3 Å². The summed E-state index contributed by atoms with van der Waals surface area (Å²) in [5.41, 5.74) is 1.02. The van der Waals surface area contributed by atoms with Crippen LogP contribution in [0.15, 0.2) is 40.8 Å². The van der Waals surface area contributed by atoms with Crippen molar-refractivity contribution in [3.05, 3.63) is 53.5 Å². The maximum Gasteiger partial charge on any atom is 0.237 e. The van der Waals surface area contributed by atoms with Crippen LogP contribution in [0.3, 0.4) is 0 Å². The lowest BCUT2D eigenvalue weighted by molar-refractivity contribution is -0.129. The molecular formula is C24H32N4O5. The molecule has 0 bridgehead atoms. The smallest absolute Gasteiger partial charge is 0.237 e. The molecular weight excluding hydrogens is 424 g/mol. The Morgan fingerprint density at radius 2 is 2.00 bits per heavy atom. The summed E-state index contributed by atoms with van der Waals surface area (Å²) in [7, 11) is 1.63. The zero-order chi connectivity index (χ0) is 23.2. The molecule has 33 heavy (non-hydrogen) atoms. The average molecular weight is 457 g/mol. The SMILES string of the molecule is COc1ccc(CNC(=O)CC[C@H]2CNC(=O)[C@H]3C[C@H](NCc4ccc(CO)o4)CN23)cc1. The highest BCUT2D eigenvalue weighted by Gasteiger charge is 2.43. The van der Waals surface area contributed by atoms with Gasteiger partial charge in [0.1, 0.15) is 23.9 Å². The summed E-state index contributed by atoms with van der Waals surface area (Å²) in [6.07, 6.45) is 1.82. The van der Waals surface area contributed by atoms with Crippen LogP contribution < -0.4 is 20.7 Å². The summed E-state index contributed by atoms with van der Waals surface area (Å²) in [4.78, 5) is 27.0. The second-order valence-electron chi connectivity index (χ2n) is 8.61. The fraction of sp³-hybridized carbons (Fsp3) is 0.500. The molecule has 2 fully saturated rings. The Hall–Kier alpha value is -2.88. The van der Waals surface area contributed by atoms with Gasteiger partial charge in [0.05, 0.1) is 19.7 Å². The molecule has 4 N–H and O–H groups in total. The number of nitrogens with one attached hydrogen (secondary N) is 3. The van der Waals surface area contributed by atoms with E-state index in [0.29, 0.717) is 38.2 Å². The lowest BCUT2D eigenvalue weighted by Gasteiger charge is -2.37. The molecule has 0 aliphatic carbocycles. The van der Waals surface area contributed by atoms with Crippen LogP contribution >= 0.6 is 0 Å². The molecule has 2 aliphatic heterocycles. The van der Waals surface area contributed by atoms with Crippen molar-refractivity contribution in [3.63, 3.8) is 0 Å². The number of ether oxygens (including phenoxy) is 1. The number of hydrogen-bond acceptors (Lipinski definition) is 7. The maximum atomic E-state index is 12.4. The van der Waals surface area contributed by atoms with Gasteiger partial charge < -0.3 is 30.2 Å². The molecule has 1 aromatic heterocycles. The van der Waals surface area contributed by atoms with Gasteiger partial charge in [-0.15, -0.1) is 0 Å². The minimum atomic E-state index is -0.173. The summed E-state index contributed by atoms with van der Waals surface area (Å²) >= 11 is 0. The third-order valence-electron chi connectivity index (χ3n) is 6.41. The highest BCUT2D eigenvalue weighted by molar-refractivity contribution is 5.83. The zero-order valence-electron chi connectivity index (χ0n) is 18.9. The van der Waals surface area contributed by atoms with Crippen LogP contribution in [0.25, 0.3) is 0 Å². The number of piperazine rings is 1. The number of rotatable bonds is 10. The third kappa shape index (κ3) is 5.93. The van der Waals surface area contributed by atoms with Gasteiger partial charge in [0.2, 0.25) is 11.8 Å². The van der Waals surface area contributed by atoms with Crippen molar-refractivity contribution in [1.29, 1.82) is 0 Å². The molecule has 4 rings (SSSR count). The highest BCUT2D eigenvalue weighted by atomic mass is 16.5. The maximum absolute atomic E-state index is 12.4. The minimum absolute atomic E-state index is 0.00523. The Balaban J connectivity index is 1.24. The Bertz CT molecular complexity index is 945. The zero-order valence-corrected chi connectivity index (χ0v) is 18.9. The number of aliphatic hydroxyl groups is 1. The van der Waals surface area contributed by atoms with Crippen molar-refractivity contribution in [2.45, 2.75) is 57.1 Å². The van der Waals surface area contributed by atoms with Crippen molar-refractivity contribution in [2.75, 3.05) is 20.2 Å². The predicted molar refractivity (Wildman–Crippen MR) is 121 cm³/mol. The molecule has 3 atom stereocenters. The quantitative estimate of drug-likeness (QED) is 0.420. The summed E-state index contributed by atoms with van der Waals surface area (Å²) in [5, 5.41) is 18.6. The molecule has 0 saturated carbocycles. The summed E-state index contributed by atoms with van der Waals surface area (Å²) in [6.45, 7) is 2.23. The van der Waals surface area contributed by atoms with Crippen LogP contribution in [-0.2, 0) is 29.3 Å². The van der Waals surface area contributed by atoms with Crippen molar-refractivity contribution in [2.24, 2.45) is 0 Å². The number of hydrogen-bond donors (Lipinski definition) is 4. The van der Waals surface area contributed by atoms with Gasteiger partial charge in [-0.2, -0.15) is 0 Å². The summed E-state index contributed by atoms with van der Waals surface area (Å²) in [5.74, 6) is 2.15. The van der Waals surface area contributed by atoms with Crippen molar-refractivity contribution in [1.82, 2.24) is 20.9 Å². The number of benzene rings is 1. The number of carbonyl (C=O) groups is 2. The van der Waals surface area contributed by atoms with Gasteiger partial charge in [-0.3, -0.25) is 14.5 Å². The van der Waals surface area contributed by atoms with E-state index in [1.165, 1.54) is 0 Å². The highest BCUT2D eigenvalue weighted by Crippen LogP contribution is 2.26. The molecule has 0 unspecified atom stereocenters. The molecule has 2 saturated heterocycles. The Morgan fingerprint density at radius 1 is 1.21 bits per heavy atom. The monoisotopic (exact) mass is 456 g/mol. The second-order valence-corrected chi connectivity index (χ2v) is 8.61. The normalized spacial score (nSPS) is 22.6. The summed E-state index contributed by atoms with van der Waals surface area (Å²) < 4.78 is 10.7. The van der Waals surface area contributed by atoms with E-state index >= 15 is 0 Å². The predicted octanol–water partition coefficient (Wildman–Crippen LogP) is 0.908. The molecule has 178 valence electrons. The molecule has 2 aromatic rings. The van der Waals surface area contributed by atoms with Crippen LogP contribution in [-0.4, -0.2) is 60.1 Å². The average Bonchev–Trinajstić information content (AvgIpc) is 3.49. The van der Waals surface area contributed by atoms with Crippen LogP contribution in [0, 0.1) is 0 Å². The first-order valence-corrected chi connectivity index (χ1v) is 11.4. The minimum Gasteiger partial charge on any atom is -0.497 e. The number of fused-ring (bicyclic) bond motifs is 1. The number of methoxy groups -OCH3 is 1. The van der Waals surface area contributed by atoms with Gasteiger partial charge in [0.25, 0.3) is 0 Å². The van der Waals surface area contributed by atoms with Gasteiger partial charge in [-0.25, -0.2) is 0 Å². The van der Waals surface area contributed by atoms with E-state index in [1.54, 1.807) is 13.2 Å². The largest absolute Gasteiger partial charge is 0.497 e. The van der Waals surface area contributed by atoms with Crippen molar-refractivity contribution >= 4 is 11.8 Å². The first-order chi connectivity index (χ1) is 16.1. The number of carbonyl (C=O) groups excluding carboxylic acids is 2. The lowest BCUT2D eigenvalue weighted by atomic mass is 10.0. The Labute approximate surface area is 193 Å². The number of amides is 2. The van der Waals surface area contributed by atoms with Gasteiger partial charge >= 0.3 is 0 Å². The first-order valence-electron chi connectivity index (χ1n) is 11.4. The van der Waals surface area contributed by atoms with Crippen molar-refractivity contribution in [3.8, 4) is 5.75 Å². The molecule has 3 heterocycles. The van der Waals surface area contributed by atoms with Crippen molar-refractivity contribution < 1.29 is 23.8 Å². The second kappa shape index (κ2) is 10.8.